The summed E-state index contributed by atoms with van der Waals surface area (Å²) in [7, 11) is 0. The fourth-order valence-corrected chi connectivity index (χ4v) is 1.43. The number of amides is 2. The molecule has 1 aliphatic rings. The van der Waals surface area contributed by atoms with Crippen LogP contribution in [0, 0.1) is 0 Å². The van der Waals surface area contributed by atoms with Crippen LogP contribution in [0.5, 0.6) is 5.75 Å². The van der Waals surface area contributed by atoms with Crippen molar-refractivity contribution in [3.05, 3.63) is 29.8 Å². The van der Waals surface area contributed by atoms with E-state index in [4.69, 9.17) is 10.5 Å². The van der Waals surface area contributed by atoms with Crippen LogP contribution in [0.1, 0.15) is 12.0 Å². The molecule has 2 rings (SSSR count). The van der Waals surface area contributed by atoms with Gasteiger partial charge >= 0.3 is 6.03 Å². The number of hydrogen-bond acceptors (Lipinski definition) is 2. The predicted molar refractivity (Wildman–Crippen MR) is 52.4 cm³/mol. The lowest BCUT2D eigenvalue weighted by Gasteiger charge is -2.17. The summed E-state index contributed by atoms with van der Waals surface area (Å²) >= 11 is 0. The minimum Gasteiger partial charge on any atom is -0.443 e. The minimum absolute atomic E-state index is 0.399. The van der Waals surface area contributed by atoms with Crippen LogP contribution in [0.2, 0.25) is 0 Å². The van der Waals surface area contributed by atoms with Crippen LogP contribution in [0.4, 0.5) is 4.79 Å². The Bertz CT molecular complexity index is 399. The third-order valence-electron chi connectivity index (χ3n) is 2.04. The molecule has 14 heavy (non-hydrogen) atoms. The second-order valence-corrected chi connectivity index (χ2v) is 3.05. The van der Waals surface area contributed by atoms with Crippen LogP contribution in [-0.2, 0) is 6.42 Å². The number of carbonyl (C=O) groups excluding carboxylic acids is 1. The Labute approximate surface area is 81.4 Å². The summed E-state index contributed by atoms with van der Waals surface area (Å²) in [5.74, 6) is 1.16. The second-order valence-electron chi connectivity index (χ2n) is 3.05. The smallest absolute Gasteiger partial charge is 0.341 e. The maximum absolute atomic E-state index is 10.5. The average Bonchev–Trinajstić information content (AvgIpc) is 2.17. The Morgan fingerprint density at radius 1 is 1.36 bits per heavy atom. The molecule has 4 heteroatoms. The van der Waals surface area contributed by atoms with Gasteiger partial charge in [0.25, 0.3) is 0 Å². The molecule has 0 atom stereocenters. The maximum atomic E-state index is 10.5. The molecule has 0 fully saturated rings. The number of nitrogens with zero attached hydrogens (tertiary/aromatic N) is 1. The zero-order valence-corrected chi connectivity index (χ0v) is 7.56. The number of carbonyl (C=O) groups is 1. The molecule has 1 heterocycles. The summed E-state index contributed by atoms with van der Waals surface area (Å²) in [4.78, 5) is 14.1. The fraction of sp³-hybridized carbons (Fsp3) is 0.200. The number of rotatable bonds is 0. The van der Waals surface area contributed by atoms with Crippen LogP contribution in [-0.4, -0.2) is 11.9 Å². The molecule has 0 radical (unpaired) electrons. The Balaban J connectivity index is 2.25. The van der Waals surface area contributed by atoms with Crippen molar-refractivity contribution in [1.82, 2.24) is 0 Å². The van der Waals surface area contributed by atoms with Gasteiger partial charge in [-0.05, 0) is 18.1 Å². The Morgan fingerprint density at radius 2 is 2.14 bits per heavy atom. The van der Waals surface area contributed by atoms with Gasteiger partial charge < -0.3 is 10.5 Å². The van der Waals surface area contributed by atoms with E-state index in [1.165, 1.54) is 0 Å². The van der Waals surface area contributed by atoms with Gasteiger partial charge in [-0.2, -0.15) is 4.99 Å². The lowest BCUT2D eigenvalue weighted by Crippen LogP contribution is -2.19. The molecule has 0 saturated carbocycles. The van der Waals surface area contributed by atoms with Crippen molar-refractivity contribution in [3.8, 4) is 5.75 Å². The molecule has 72 valence electrons. The molecule has 0 aliphatic carbocycles. The van der Waals surface area contributed by atoms with E-state index in [9.17, 15) is 4.79 Å². The lowest BCUT2D eigenvalue weighted by molar-refractivity contribution is 0.256. The van der Waals surface area contributed by atoms with Gasteiger partial charge in [-0.15, -0.1) is 0 Å². The number of aryl methyl sites for hydroxylation is 1. The molecular weight excluding hydrogens is 180 g/mol. The molecule has 0 aromatic heterocycles. The first-order chi connectivity index (χ1) is 6.75. The molecular formula is C10H10N2O2. The predicted octanol–water partition coefficient (Wildman–Crippen LogP) is 1.49. The molecule has 0 saturated heterocycles. The van der Waals surface area contributed by atoms with Crippen LogP contribution in [0.15, 0.2) is 29.3 Å². The maximum Gasteiger partial charge on any atom is 0.341 e. The number of fused-ring (bicyclic) bond motifs is 1. The fourth-order valence-electron chi connectivity index (χ4n) is 1.43. The number of urea groups is 1. The molecule has 1 aromatic carbocycles. The second kappa shape index (κ2) is 3.49. The minimum atomic E-state index is -0.709. The number of primary amides is 1. The topological polar surface area (TPSA) is 64.7 Å². The molecule has 1 aliphatic heterocycles. The molecule has 4 nitrogen and oxygen atoms in total. The van der Waals surface area contributed by atoms with Gasteiger partial charge in [-0.25, -0.2) is 4.79 Å². The number of hydrogen-bond donors (Lipinski definition) is 1. The molecule has 0 unspecified atom stereocenters. The molecule has 1 aromatic rings. The zero-order chi connectivity index (χ0) is 9.97. The highest BCUT2D eigenvalue weighted by molar-refractivity contribution is 5.91. The first-order valence-electron chi connectivity index (χ1n) is 4.38. The largest absolute Gasteiger partial charge is 0.443 e. The molecule has 2 N–H and O–H groups in total. The summed E-state index contributed by atoms with van der Waals surface area (Å²) in [6, 6.07) is 6.98. The van der Waals surface area contributed by atoms with Crippen LogP contribution < -0.4 is 10.5 Å². The molecule has 2 amide bonds. The van der Waals surface area contributed by atoms with E-state index >= 15 is 0 Å². The Morgan fingerprint density at radius 3 is 2.93 bits per heavy atom. The van der Waals surface area contributed by atoms with Gasteiger partial charge in [0.05, 0.1) is 0 Å². The van der Waals surface area contributed by atoms with Crippen molar-refractivity contribution in [3.63, 3.8) is 0 Å². The van der Waals surface area contributed by atoms with Crippen LogP contribution >= 0.6 is 0 Å². The quantitative estimate of drug-likeness (QED) is 0.673. The first-order valence-corrected chi connectivity index (χ1v) is 4.38. The van der Waals surface area contributed by atoms with Crippen molar-refractivity contribution in [2.45, 2.75) is 12.8 Å². The third-order valence-corrected chi connectivity index (χ3v) is 2.04. The van der Waals surface area contributed by atoms with E-state index in [1.54, 1.807) is 0 Å². The van der Waals surface area contributed by atoms with Crippen molar-refractivity contribution >= 4 is 11.9 Å². The van der Waals surface area contributed by atoms with Gasteiger partial charge in [0.15, 0.2) is 5.90 Å². The molecule has 0 spiro atoms. The standard InChI is InChI=1S/C10H10N2O2/c11-10(13)12-9-6-5-7-3-1-2-4-8(7)14-9/h1-4H,5-6H2,(H2,11,13). The van der Waals surface area contributed by atoms with Crippen molar-refractivity contribution < 1.29 is 9.53 Å². The van der Waals surface area contributed by atoms with Gasteiger partial charge in [0.2, 0.25) is 0 Å². The molecule has 0 bridgehead atoms. The van der Waals surface area contributed by atoms with Crippen molar-refractivity contribution in [2.24, 2.45) is 10.7 Å². The van der Waals surface area contributed by atoms with Crippen LogP contribution in [0.25, 0.3) is 0 Å². The number of nitrogens with two attached hydrogens (primary N) is 1. The Hall–Kier alpha value is -1.84. The number of benzene rings is 1. The van der Waals surface area contributed by atoms with Gasteiger partial charge in [-0.1, -0.05) is 18.2 Å². The average molecular weight is 190 g/mol. The zero-order valence-electron chi connectivity index (χ0n) is 7.56. The SMILES string of the molecule is NC(=O)N=C1CCc2ccccc2O1. The Kier molecular flexibility index (Phi) is 2.18. The van der Waals surface area contributed by atoms with Crippen molar-refractivity contribution in [1.29, 1.82) is 0 Å². The van der Waals surface area contributed by atoms with E-state index in [2.05, 4.69) is 4.99 Å². The first kappa shape index (κ1) is 8.74. The van der Waals surface area contributed by atoms with Crippen LogP contribution in [0.3, 0.4) is 0 Å². The van der Waals surface area contributed by atoms with E-state index in [-0.39, 0.29) is 0 Å². The lowest BCUT2D eigenvalue weighted by atomic mass is 10.1. The van der Waals surface area contributed by atoms with Gasteiger partial charge in [-0.3, -0.25) is 0 Å². The number of para-hydroxylation sites is 1. The van der Waals surface area contributed by atoms with E-state index in [1.807, 2.05) is 24.3 Å². The highest BCUT2D eigenvalue weighted by Crippen LogP contribution is 2.24. The van der Waals surface area contributed by atoms with E-state index in [0.717, 1.165) is 17.7 Å². The normalized spacial score (nSPS) is 17.3. The highest BCUT2D eigenvalue weighted by Gasteiger charge is 2.15. The summed E-state index contributed by atoms with van der Waals surface area (Å²) in [5, 5.41) is 0. The summed E-state index contributed by atoms with van der Waals surface area (Å²) in [6.07, 6.45) is 1.46. The van der Waals surface area contributed by atoms with E-state index < -0.39 is 6.03 Å². The summed E-state index contributed by atoms with van der Waals surface area (Å²) < 4.78 is 5.39. The number of aliphatic imine (C=N–C) groups is 1. The summed E-state index contributed by atoms with van der Waals surface area (Å²) in [6.45, 7) is 0. The van der Waals surface area contributed by atoms with Gasteiger partial charge in [0.1, 0.15) is 5.75 Å². The number of ether oxygens (including phenoxy) is 1. The monoisotopic (exact) mass is 190 g/mol. The third kappa shape index (κ3) is 1.74. The van der Waals surface area contributed by atoms with Gasteiger partial charge in [0, 0.05) is 6.42 Å². The summed E-state index contributed by atoms with van der Waals surface area (Å²) in [5.41, 5.74) is 6.07. The van der Waals surface area contributed by atoms with E-state index in [0.29, 0.717) is 12.3 Å². The highest BCUT2D eigenvalue weighted by atomic mass is 16.5. The van der Waals surface area contributed by atoms with Crippen molar-refractivity contribution in [2.75, 3.05) is 0 Å².